The van der Waals surface area contributed by atoms with Crippen molar-refractivity contribution in [3.63, 3.8) is 0 Å². The Morgan fingerprint density at radius 3 is 2.62 bits per heavy atom. The average molecular weight is 228 g/mol. The second-order valence-electron chi connectivity index (χ2n) is 5.85. The molecule has 3 heteroatoms. The Labute approximate surface area is 101 Å². The zero-order valence-corrected chi connectivity index (χ0v) is 11.4. The van der Waals surface area contributed by atoms with Crippen LogP contribution in [0.4, 0.5) is 0 Å². The van der Waals surface area contributed by atoms with Gasteiger partial charge in [0.25, 0.3) is 0 Å². The first-order chi connectivity index (χ1) is 7.49. The number of nitrogens with one attached hydrogen (secondary N) is 1. The smallest absolute Gasteiger partial charge is 0.0591 e. The molecular formula is C13H28N2O. The topological polar surface area (TPSA) is 24.5 Å². The average Bonchev–Trinajstić information content (AvgIpc) is 2.56. The Morgan fingerprint density at radius 2 is 2.06 bits per heavy atom. The summed E-state index contributed by atoms with van der Waals surface area (Å²) in [5, 5.41) is 3.42. The van der Waals surface area contributed by atoms with Gasteiger partial charge in [0.1, 0.15) is 0 Å². The lowest BCUT2D eigenvalue weighted by Gasteiger charge is -2.21. The summed E-state index contributed by atoms with van der Waals surface area (Å²) in [6, 6.07) is 0.760. The third-order valence-corrected chi connectivity index (χ3v) is 3.17. The summed E-state index contributed by atoms with van der Waals surface area (Å²) in [5.74, 6) is 0. The van der Waals surface area contributed by atoms with Crippen molar-refractivity contribution >= 4 is 0 Å². The lowest BCUT2D eigenvalue weighted by Crippen LogP contribution is -2.38. The fourth-order valence-electron chi connectivity index (χ4n) is 2.16. The first-order valence-electron chi connectivity index (χ1n) is 6.52. The fraction of sp³-hybridized carbons (Fsp3) is 1.00. The molecule has 0 radical (unpaired) electrons. The summed E-state index contributed by atoms with van der Waals surface area (Å²) in [4.78, 5) is 2.46. The number of nitrogens with zero attached hydrogens (tertiary/aromatic N) is 1. The van der Waals surface area contributed by atoms with Crippen LogP contribution < -0.4 is 5.32 Å². The molecule has 1 aliphatic rings. The van der Waals surface area contributed by atoms with Crippen LogP contribution in [0.2, 0.25) is 0 Å². The van der Waals surface area contributed by atoms with E-state index in [0.29, 0.717) is 0 Å². The molecule has 96 valence electrons. The molecule has 0 aromatic carbocycles. The van der Waals surface area contributed by atoms with Gasteiger partial charge in [-0.25, -0.2) is 0 Å². The van der Waals surface area contributed by atoms with Crippen LogP contribution >= 0.6 is 0 Å². The molecule has 0 amide bonds. The highest BCUT2D eigenvalue weighted by molar-refractivity contribution is 4.75. The van der Waals surface area contributed by atoms with Gasteiger partial charge in [0.2, 0.25) is 0 Å². The van der Waals surface area contributed by atoms with Crippen molar-refractivity contribution < 1.29 is 4.74 Å². The molecule has 1 N–H and O–H groups in total. The minimum atomic E-state index is 0.203. The van der Waals surface area contributed by atoms with E-state index in [1.807, 2.05) is 0 Å². The molecule has 1 heterocycles. The van der Waals surface area contributed by atoms with E-state index in [4.69, 9.17) is 4.74 Å². The highest BCUT2D eigenvalue weighted by Crippen LogP contribution is 2.17. The van der Waals surface area contributed by atoms with Crippen molar-refractivity contribution in [2.45, 2.75) is 51.6 Å². The summed E-state index contributed by atoms with van der Waals surface area (Å²) >= 11 is 0. The minimum Gasteiger partial charge on any atom is -0.380 e. The van der Waals surface area contributed by atoms with E-state index in [1.165, 1.54) is 25.8 Å². The lowest BCUT2D eigenvalue weighted by molar-refractivity contribution is 0.111. The first-order valence-corrected chi connectivity index (χ1v) is 6.52. The lowest BCUT2D eigenvalue weighted by atomic mass is 10.1. The SMILES string of the molecule is CN1CCCC1CCOCCNC(C)(C)C. The molecule has 0 saturated carbocycles. The van der Waals surface area contributed by atoms with Crippen LogP contribution in [-0.2, 0) is 4.74 Å². The second kappa shape index (κ2) is 6.58. The van der Waals surface area contributed by atoms with E-state index in [9.17, 15) is 0 Å². The highest BCUT2D eigenvalue weighted by atomic mass is 16.5. The van der Waals surface area contributed by atoms with Crippen LogP contribution in [0.5, 0.6) is 0 Å². The van der Waals surface area contributed by atoms with E-state index in [0.717, 1.165) is 25.8 Å². The zero-order valence-electron chi connectivity index (χ0n) is 11.4. The van der Waals surface area contributed by atoms with Crippen LogP contribution in [0.25, 0.3) is 0 Å². The van der Waals surface area contributed by atoms with Crippen molar-refractivity contribution in [3.8, 4) is 0 Å². The second-order valence-corrected chi connectivity index (χ2v) is 5.85. The van der Waals surface area contributed by atoms with E-state index in [-0.39, 0.29) is 5.54 Å². The van der Waals surface area contributed by atoms with Gasteiger partial charge >= 0.3 is 0 Å². The third kappa shape index (κ3) is 5.83. The monoisotopic (exact) mass is 228 g/mol. The zero-order chi connectivity index (χ0) is 12.0. The van der Waals surface area contributed by atoms with E-state index >= 15 is 0 Å². The van der Waals surface area contributed by atoms with Crippen molar-refractivity contribution in [2.24, 2.45) is 0 Å². The van der Waals surface area contributed by atoms with Crippen molar-refractivity contribution in [3.05, 3.63) is 0 Å². The molecule has 0 aliphatic carbocycles. The van der Waals surface area contributed by atoms with Gasteiger partial charge < -0.3 is 15.0 Å². The van der Waals surface area contributed by atoms with E-state index in [1.54, 1.807) is 0 Å². The molecule has 3 nitrogen and oxygen atoms in total. The normalized spacial score (nSPS) is 22.9. The maximum Gasteiger partial charge on any atom is 0.0591 e. The van der Waals surface area contributed by atoms with Crippen LogP contribution in [-0.4, -0.2) is 49.8 Å². The van der Waals surface area contributed by atoms with E-state index < -0.39 is 0 Å². The van der Waals surface area contributed by atoms with Crippen molar-refractivity contribution in [1.29, 1.82) is 0 Å². The summed E-state index contributed by atoms with van der Waals surface area (Å²) in [7, 11) is 2.22. The van der Waals surface area contributed by atoms with Gasteiger partial charge in [-0.3, -0.25) is 0 Å². The van der Waals surface area contributed by atoms with Crippen LogP contribution in [0.3, 0.4) is 0 Å². The molecule has 1 saturated heterocycles. The Hall–Kier alpha value is -0.120. The largest absolute Gasteiger partial charge is 0.380 e. The Bertz CT molecular complexity index is 189. The van der Waals surface area contributed by atoms with Crippen LogP contribution in [0, 0.1) is 0 Å². The van der Waals surface area contributed by atoms with Gasteiger partial charge in [-0.15, -0.1) is 0 Å². The quantitative estimate of drug-likeness (QED) is 0.703. The Morgan fingerprint density at radius 1 is 1.31 bits per heavy atom. The fourth-order valence-corrected chi connectivity index (χ4v) is 2.16. The summed E-state index contributed by atoms with van der Waals surface area (Å²) in [6.07, 6.45) is 3.89. The highest BCUT2D eigenvalue weighted by Gasteiger charge is 2.19. The van der Waals surface area contributed by atoms with Crippen molar-refractivity contribution in [2.75, 3.05) is 33.4 Å². The molecule has 0 aromatic rings. The van der Waals surface area contributed by atoms with Gasteiger partial charge in [0.15, 0.2) is 0 Å². The van der Waals surface area contributed by atoms with Gasteiger partial charge in [0.05, 0.1) is 6.61 Å². The molecule has 1 rings (SSSR count). The number of likely N-dealkylation sites (tertiary alicyclic amines) is 1. The predicted octanol–water partition coefficient (Wildman–Crippen LogP) is 1.88. The summed E-state index contributed by atoms with van der Waals surface area (Å²) in [5.41, 5.74) is 0.203. The first kappa shape index (κ1) is 13.9. The maximum absolute atomic E-state index is 5.65. The predicted molar refractivity (Wildman–Crippen MR) is 68.8 cm³/mol. The molecule has 16 heavy (non-hydrogen) atoms. The molecule has 1 fully saturated rings. The van der Waals surface area contributed by atoms with E-state index in [2.05, 4.69) is 38.0 Å². The maximum atomic E-state index is 5.65. The number of rotatable bonds is 6. The number of ether oxygens (including phenoxy) is 1. The molecule has 0 aromatic heterocycles. The Kier molecular flexibility index (Phi) is 5.73. The van der Waals surface area contributed by atoms with Crippen molar-refractivity contribution in [1.82, 2.24) is 10.2 Å². The third-order valence-electron chi connectivity index (χ3n) is 3.17. The molecule has 1 atom stereocenters. The standard InChI is InChI=1S/C13H28N2O/c1-13(2,3)14-8-11-16-10-7-12-6-5-9-15(12)4/h12,14H,5-11H2,1-4H3. The minimum absolute atomic E-state index is 0.203. The molecule has 0 spiro atoms. The summed E-state index contributed by atoms with van der Waals surface area (Å²) < 4.78 is 5.65. The van der Waals surface area contributed by atoms with Gasteiger partial charge in [-0.1, -0.05) is 0 Å². The number of hydrogen-bond acceptors (Lipinski definition) is 3. The molecule has 0 bridgehead atoms. The van der Waals surface area contributed by atoms with Gasteiger partial charge in [-0.05, 0) is 53.6 Å². The van der Waals surface area contributed by atoms with Gasteiger partial charge in [-0.2, -0.15) is 0 Å². The molecule has 1 unspecified atom stereocenters. The number of hydrogen-bond donors (Lipinski definition) is 1. The summed E-state index contributed by atoms with van der Waals surface area (Å²) in [6.45, 7) is 10.5. The molecular weight excluding hydrogens is 200 g/mol. The Balaban J connectivity index is 1.92. The van der Waals surface area contributed by atoms with Gasteiger partial charge in [0, 0.05) is 24.7 Å². The van der Waals surface area contributed by atoms with Crippen LogP contribution in [0.15, 0.2) is 0 Å². The van der Waals surface area contributed by atoms with Crippen LogP contribution in [0.1, 0.15) is 40.0 Å². The molecule has 1 aliphatic heterocycles.